The largest absolute Gasteiger partial charge is 0.360 e. The Labute approximate surface area is 167 Å². The Kier molecular flexibility index (Phi) is 7.23. The summed E-state index contributed by atoms with van der Waals surface area (Å²) in [5.41, 5.74) is 2.15. The number of benzene rings is 1. The van der Waals surface area contributed by atoms with Gasteiger partial charge in [0.1, 0.15) is 0 Å². The zero-order valence-corrected chi connectivity index (χ0v) is 17.2. The fraction of sp³-hybridized carbons (Fsp3) is 0.545. The lowest BCUT2D eigenvalue weighted by atomic mass is 9.81. The number of carbonyl (C=O) groups excluding carboxylic acids is 1. The highest BCUT2D eigenvalue weighted by molar-refractivity contribution is 5.76. The molecular weight excluding hydrogens is 352 g/mol. The number of amides is 1. The summed E-state index contributed by atoms with van der Waals surface area (Å²) in [6.07, 6.45) is 2.47. The average molecular weight is 385 g/mol. The second-order valence-electron chi connectivity index (χ2n) is 8.18. The van der Waals surface area contributed by atoms with E-state index >= 15 is 0 Å². The van der Waals surface area contributed by atoms with Crippen LogP contribution in [-0.4, -0.2) is 55.1 Å². The van der Waals surface area contributed by atoms with Crippen molar-refractivity contribution in [2.75, 3.05) is 34.2 Å². The van der Waals surface area contributed by atoms with Crippen molar-refractivity contribution in [3.63, 3.8) is 0 Å². The van der Waals surface area contributed by atoms with Crippen molar-refractivity contribution in [1.29, 1.82) is 0 Å². The maximum atomic E-state index is 12.8. The molecule has 1 aromatic carbocycles. The quantitative estimate of drug-likeness (QED) is 0.758. The Morgan fingerprint density at radius 3 is 2.71 bits per heavy atom. The van der Waals surface area contributed by atoms with E-state index in [1.807, 2.05) is 44.2 Å². The normalized spacial score (nSPS) is 19.7. The zero-order valence-electron chi connectivity index (χ0n) is 17.2. The number of hydrogen-bond donors (Lipinski definition) is 1. The molecule has 1 saturated heterocycles. The van der Waals surface area contributed by atoms with Gasteiger partial charge in [-0.1, -0.05) is 35.5 Å². The van der Waals surface area contributed by atoms with Crippen molar-refractivity contribution < 1.29 is 9.32 Å². The molecule has 1 N–H and O–H groups in total. The zero-order chi connectivity index (χ0) is 19.9. The molecule has 1 aliphatic heterocycles. The van der Waals surface area contributed by atoms with E-state index < -0.39 is 0 Å². The predicted molar refractivity (Wildman–Crippen MR) is 110 cm³/mol. The van der Waals surface area contributed by atoms with Gasteiger partial charge < -0.3 is 19.6 Å². The minimum absolute atomic E-state index is 0.217. The van der Waals surface area contributed by atoms with Crippen LogP contribution in [0.25, 0.3) is 0 Å². The minimum atomic E-state index is 0.217. The van der Waals surface area contributed by atoms with Gasteiger partial charge in [-0.15, -0.1) is 0 Å². The molecule has 0 aliphatic carbocycles. The van der Waals surface area contributed by atoms with Crippen molar-refractivity contribution in [2.24, 2.45) is 11.8 Å². The predicted octanol–water partition coefficient (Wildman–Crippen LogP) is 2.55. The van der Waals surface area contributed by atoms with Crippen LogP contribution in [0.3, 0.4) is 0 Å². The molecular formula is C22H32N4O2. The molecule has 28 heavy (non-hydrogen) atoms. The van der Waals surface area contributed by atoms with Crippen LogP contribution in [-0.2, 0) is 24.3 Å². The maximum Gasteiger partial charge on any atom is 0.222 e. The molecule has 2 aromatic rings. The smallest absolute Gasteiger partial charge is 0.222 e. The lowest BCUT2D eigenvalue weighted by Gasteiger charge is -2.32. The topological polar surface area (TPSA) is 61.6 Å². The van der Waals surface area contributed by atoms with Crippen LogP contribution in [0.2, 0.25) is 0 Å². The first kappa shape index (κ1) is 20.6. The molecule has 0 radical (unpaired) electrons. The van der Waals surface area contributed by atoms with Crippen molar-refractivity contribution in [1.82, 2.24) is 20.3 Å². The molecule has 1 amide bonds. The first-order valence-electron chi connectivity index (χ1n) is 10.1. The number of carbonyl (C=O) groups is 1. The van der Waals surface area contributed by atoms with Gasteiger partial charge in [0.25, 0.3) is 0 Å². The van der Waals surface area contributed by atoms with Gasteiger partial charge >= 0.3 is 0 Å². The number of nitrogens with one attached hydrogen (secondary N) is 1. The summed E-state index contributed by atoms with van der Waals surface area (Å²) in [6.45, 7) is 3.31. The first-order valence-corrected chi connectivity index (χ1v) is 10.1. The van der Waals surface area contributed by atoms with Gasteiger partial charge in [0.05, 0.1) is 12.2 Å². The maximum absolute atomic E-state index is 12.8. The second-order valence-corrected chi connectivity index (χ2v) is 8.18. The minimum Gasteiger partial charge on any atom is -0.360 e. The van der Waals surface area contributed by atoms with E-state index in [2.05, 4.69) is 33.6 Å². The summed E-state index contributed by atoms with van der Waals surface area (Å²) in [5.74, 6) is 1.88. The molecule has 2 heterocycles. The molecule has 3 rings (SSSR count). The molecule has 1 fully saturated rings. The van der Waals surface area contributed by atoms with Crippen molar-refractivity contribution in [3.8, 4) is 0 Å². The first-order chi connectivity index (χ1) is 13.5. The summed E-state index contributed by atoms with van der Waals surface area (Å²) in [4.78, 5) is 16.7. The van der Waals surface area contributed by atoms with Gasteiger partial charge in [0.15, 0.2) is 5.76 Å². The lowest BCUT2D eigenvalue weighted by Crippen LogP contribution is -2.40. The third-order valence-corrected chi connectivity index (χ3v) is 5.44. The number of piperidine rings is 1. The SMILES string of the molecule is CN(C)Cc1cc(C[C@@H]2CNCC[C@H]2CC(=O)N(C)Cc2ccccc2)no1. The molecule has 1 aliphatic rings. The average Bonchev–Trinajstić information content (AvgIpc) is 3.10. The van der Waals surface area contributed by atoms with Gasteiger partial charge in [0.2, 0.25) is 5.91 Å². The number of aromatic nitrogens is 1. The fourth-order valence-electron chi connectivity index (χ4n) is 3.92. The Morgan fingerprint density at radius 2 is 1.96 bits per heavy atom. The van der Waals surface area contributed by atoms with Gasteiger partial charge in [-0.25, -0.2) is 0 Å². The highest BCUT2D eigenvalue weighted by atomic mass is 16.5. The lowest BCUT2D eigenvalue weighted by molar-refractivity contribution is -0.132. The fourth-order valence-corrected chi connectivity index (χ4v) is 3.92. The Bertz CT molecular complexity index is 744. The van der Waals surface area contributed by atoms with Crippen LogP contribution < -0.4 is 5.32 Å². The third-order valence-electron chi connectivity index (χ3n) is 5.44. The standard InChI is InChI=1S/C22H32N4O2/c1-25(2)16-21-13-20(24-28-21)11-19-14-23-10-9-18(19)12-22(27)26(3)15-17-7-5-4-6-8-17/h4-8,13,18-19,23H,9-12,14-16H2,1-3H3/t18-,19+/m0/s1. The summed E-state index contributed by atoms with van der Waals surface area (Å²) in [6, 6.07) is 12.2. The Morgan fingerprint density at radius 1 is 1.18 bits per heavy atom. The Balaban J connectivity index is 1.56. The number of rotatable bonds is 8. The molecule has 0 unspecified atom stereocenters. The van der Waals surface area contributed by atoms with Crippen LogP contribution in [0, 0.1) is 11.8 Å². The monoisotopic (exact) mass is 384 g/mol. The summed E-state index contributed by atoms with van der Waals surface area (Å²) < 4.78 is 5.45. The van der Waals surface area contributed by atoms with Crippen molar-refractivity contribution >= 4 is 5.91 Å². The Hall–Kier alpha value is -2.18. The van der Waals surface area contributed by atoms with Crippen LogP contribution >= 0.6 is 0 Å². The van der Waals surface area contributed by atoms with Gasteiger partial charge in [-0.3, -0.25) is 4.79 Å². The molecule has 2 atom stereocenters. The molecule has 0 bridgehead atoms. The highest BCUT2D eigenvalue weighted by Crippen LogP contribution is 2.27. The molecule has 6 nitrogen and oxygen atoms in total. The van der Waals surface area contributed by atoms with Crippen LogP contribution in [0.1, 0.15) is 29.9 Å². The van der Waals surface area contributed by atoms with E-state index in [0.29, 0.717) is 24.8 Å². The van der Waals surface area contributed by atoms with E-state index in [1.165, 1.54) is 0 Å². The van der Waals surface area contributed by atoms with Gasteiger partial charge in [-0.05, 0) is 57.4 Å². The molecule has 152 valence electrons. The van der Waals surface area contributed by atoms with Gasteiger partial charge in [0, 0.05) is 26.1 Å². The van der Waals surface area contributed by atoms with Crippen LogP contribution in [0.5, 0.6) is 0 Å². The van der Waals surface area contributed by atoms with E-state index in [9.17, 15) is 4.79 Å². The van der Waals surface area contributed by atoms with E-state index in [1.54, 1.807) is 0 Å². The summed E-state index contributed by atoms with van der Waals surface area (Å²) >= 11 is 0. The van der Waals surface area contributed by atoms with Crippen molar-refractivity contribution in [2.45, 2.75) is 32.4 Å². The molecule has 6 heteroatoms. The number of hydrogen-bond acceptors (Lipinski definition) is 5. The number of nitrogens with zero attached hydrogens (tertiary/aromatic N) is 3. The molecule has 0 saturated carbocycles. The van der Waals surface area contributed by atoms with Gasteiger partial charge in [-0.2, -0.15) is 0 Å². The van der Waals surface area contributed by atoms with E-state index in [0.717, 1.165) is 49.5 Å². The molecule has 1 aromatic heterocycles. The second kappa shape index (κ2) is 9.85. The third kappa shape index (κ3) is 5.91. The van der Waals surface area contributed by atoms with Crippen molar-refractivity contribution in [3.05, 3.63) is 53.4 Å². The summed E-state index contributed by atoms with van der Waals surface area (Å²) in [5, 5.41) is 7.72. The van der Waals surface area contributed by atoms with Crippen LogP contribution in [0.15, 0.2) is 40.9 Å². The van der Waals surface area contributed by atoms with E-state index in [4.69, 9.17) is 4.52 Å². The highest BCUT2D eigenvalue weighted by Gasteiger charge is 2.29. The van der Waals surface area contributed by atoms with E-state index in [-0.39, 0.29) is 5.91 Å². The molecule has 0 spiro atoms. The summed E-state index contributed by atoms with van der Waals surface area (Å²) in [7, 11) is 5.93. The van der Waals surface area contributed by atoms with Crippen LogP contribution in [0.4, 0.5) is 0 Å².